The molecule has 2 rings (SSSR count). The largest absolute Gasteiger partial charge is 0.496 e. The number of rotatable bonds is 10. The van der Waals surface area contributed by atoms with Crippen LogP contribution in [-0.2, 0) is 21.2 Å². The van der Waals surface area contributed by atoms with Gasteiger partial charge in [0.2, 0.25) is 15.9 Å². The fraction of sp³-hybridized carbons (Fsp3) is 0.435. The first kappa shape index (κ1) is 24.7. The lowest BCUT2D eigenvalue weighted by atomic mass is 10.1. The Labute approximate surface area is 185 Å². The SMILES string of the molecule is COc1ccc(S(=O)(=O)N(C)C)cc1CCC(=O)N[C@H](C)COc1ccc(C)c(C)c1. The predicted molar refractivity (Wildman–Crippen MR) is 121 cm³/mol. The predicted octanol–water partition coefficient (Wildman–Crippen LogP) is 3.08. The number of carbonyl (C=O) groups is 1. The van der Waals surface area contributed by atoms with Crippen LogP contribution in [0.5, 0.6) is 11.5 Å². The van der Waals surface area contributed by atoms with Crippen molar-refractivity contribution in [1.82, 2.24) is 9.62 Å². The molecule has 0 fully saturated rings. The molecule has 0 aliphatic rings. The summed E-state index contributed by atoms with van der Waals surface area (Å²) in [5.41, 5.74) is 3.02. The highest BCUT2D eigenvalue weighted by Gasteiger charge is 2.19. The van der Waals surface area contributed by atoms with Crippen molar-refractivity contribution in [3.8, 4) is 11.5 Å². The smallest absolute Gasteiger partial charge is 0.242 e. The number of benzene rings is 2. The van der Waals surface area contributed by atoms with Gasteiger partial charge in [0, 0.05) is 20.5 Å². The Morgan fingerprint density at radius 3 is 2.42 bits per heavy atom. The standard InChI is InChI=1S/C23H32N2O5S/c1-16-7-9-20(13-17(16)2)30-15-18(3)24-23(26)12-8-19-14-21(10-11-22(19)29-6)31(27,28)25(4)5/h7,9-11,13-14,18H,8,12,15H2,1-6H3,(H,24,26)/t18-/m1/s1. The molecule has 2 aromatic carbocycles. The van der Waals surface area contributed by atoms with Crippen LogP contribution in [0, 0.1) is 13.8 Å². The van der Waals surface area contributed by atoms with E-state index in [-0.39, 0.29) is 23.3 Å². The summed E-state index contributed by atoms with van der Waals surface area (Å²) in [5, 5.41) is 2.92. The average Bonchev–Trinajstić information content (AvgIpc) is 2.72. The van der Waals surface area contributed by atoms with Crippen molar-refractivity contribution in [2.45, 2.75) is 44.6 Å². The van der Waals surface area contributed by atoms with Gasteiger partial charge in [-0.25, -0.2) is 12.7 Å². The third-order valence-electron chi connectivity index (χ3n) is 5.04. The van der Waals surface area contributed by atoms with Gasteiger partial charge in [-0.3, -0.25) is 4.79 Å². The van der Waals surface area contributed by atoms with Gasteiger partial charge in [0.15, 0.2) is 0 Å². The van der Waals surface area contributed by atoms with Crippen LogP contribution in [0.2, 0.25) is 0 Å². The van der Waals surface area contributed by atoms with Gasteiger partial charge in [-0.15, -0.1) is 0 Å². The maximum absolute atomic E-state index is 12.4. The van der Waals surface area contributed by atoms with Crippen molar-refractivity contribution in [3.05, 3.63) is 53.1 Å². The van der Waals surface area contributed by atoms with Crippen LogP contribution in [0.15, 0.2) is 41.3 Å². The summed E-state index contributed by atoms with van der Waals surface area (Å²) in [7, 11) is 0.919. The molecular formula is C23H32N2O5S. The highest BCUT2D eigenvalue weighted by molar-refractivity contribution is 7.89. The molecule has 0 radical (unpaired) electrons. The van der Waals surface area contributed by atoms with Gasteiger partial charge in [0.1, 0.15) is 18.1 Å². The molecule has 0 aromatic heterocycles. The third-order valence-corrected chi connectivity index (χ3v) is 6.85. The molecule has 0 spiro atoms. The van der Waals surface area contributed by atoms with Crippen molar-refractivity contribution >= 4 is 15.9 Å². The number of ether oxygens (including phenoxy) is 2. The molecule has 0 bridgehead atoms. The summed E-state index contributed by atoms with van der Waals surface area (Å²) >= 11 is 0. The molecule has 2 aromatic rings. The molecule has 0 aliphatic heterocycles. The Morgan fingerprint density at radius 1 is 1.10 bits per heavy atom. The normalized spacial score (nSPS) is 12.5. The minimum Gasteiger partial charge on any atom is -0.496 e. The number of amides is 1. The topological polar surface area (TPSA) is 84.9 Å². The minimum atomic E-state index is -3.56. The summed E-state index contributed by atoms with van der Waals surface area (Å²) in [5.74, 6) is 1.18. The molecule has 7 nitrogen and oxygen atoms in total. The van der Waals surface area contributed by atoms with E-state index in [1.165, 1.54) is 32.8 Å². The monoisotopic (exact) mass is 448 g/mol. The van der Waals surface area contributed by atoms with Crippen LogP contribution >= 0.6 is 0 Å². The fourth-order valence-corrected chi connectivity index (χ4v) is 3.94. The van der Waals surface area contributed by atoms with Crippen LogP contribution in [0.3, 0.4) is 0 Å². The Morgan fingerprint density at radius 2 is 1.81 bits per heavy atom. The summed E-state index contributed by atoms with van der Waals surface area (Å²) < 4.78 is 37.0. The summed E-state index contributed by atoms with van der Waals surface area (Å²) in [6, 6.07) is 10.4. The lowest BCUT2D eigenvalue weighted by Gasteiger charge is -2.17. The molecule has 0 aliphatic carbocycles. The van der Waals surface area contributed by atoms with Crippen LogP contribution in [0.25, 0.3) is 0 Å². The minimum absolute atomic E-state index is 0.140. The van der Waals surface area contributed by atoms with E-state index in [2.05, 4.69) is 5.32 Å². The molecule has 0 heterocycles. The van der Waals surface area contributed by atoms with E-state index in [9.17, 15) is 13.2 Å². The van der Waals surface area contributed by atoms with Gasteiger partial charge in [-0.05, 0) is 74.2 Å². The van der Waals surface area contributed by atoms with E-state index in [0.717, 1.165) is 15.6 Å². The Balaban J connectivity index is 1.94. The van der Waals surface area contributed by atoms with E-state index in [0.29, 0.717) is 24.3 Å². The van der Waals surface area contributed by atoms with Crippen molar-refractivity contribution in [3.63, 3.8) is 0 Å². The third kappa shape index (κ3) is 6.70. The lowest BCUT2D eigenvalue weighted by molar-refractivity contribution is -0.121. The number of aryl methyl sites for hydroxylation is 3. The van der Waals surface area contributed by atoms with Gasteiger partial charge in [0.05, 0.1) is 18.0 Å². The van der Waals surface area contributed by atoms with Crippen molar-refractivity contribution in [2.24, 2.45) is 0 Å². The number of nitrogens with zero attached hydrogens (tertiary/aromatic N) is 1. The average molecular weight is 449 g/mol. The quantitative estimate of drug-likeness (QED) is 0.604. The van der Waals surface area contributed by atoms with Gasteiger partial charge in [0.25, 0.3) is 0 Å². The van der Waals surface area contributed by atoms with Crippen LogP contribution in [-0.4, -0.2) is 52.5 Å². The zero-order valence-electron chi connectivity index (χ0n) is 19.1. The van der Waals surface area contributed by atoms with Crippen molar-refractivity contribution < 1.29 is 22.7 Å². The van der Waals surface area contributed by atoms with Crippen molar-refractivity contribution in [2.75, 3.05) is 27.8 Å². The second-order valence-corrected chi connectivity index (χ2v) is 9.94. The first-order valence-corrected chi connectivity index (χ1v) is 11.6. The number of sulfonamides is 1. The van der Waals surface area contributed by atoms with Gasteiger partial charge >= 0.3 is 0 Å². The second-order valence-electron chi connectivity index (χ2n) is 7.79. The Kier molecular flexibility index (Phi) is 8.47. The molecular weight excluding hydrogens is 416 g/mol. The molecule has 0 saturated heterocycles. The summed E-state index contributed by atoms with van der Waals surface area (Å²) in [6.45, 7) is 6.31. The number of hydrogen-bond acceptors (Lipinski definition) is 5. The maximum Gasteiger partial charge on any atom is 0.242 e. The van der Waals surface area contributed by atoms with Gasteiger partial charge in [-0.1, -0.05) is 6.07 Å². The molecule has 31 heavy (non-hydrogen) atoms. The van der Waals surface area contributed by atoms with E-state index in [4.69, 9.17) is 9.47 Å². The van der Waals surface area contributed by atoms with E-state index in [1.807, 2.05) is 39.0 Å². The number of hydrogen-bond donors (Lipinski definition) is 1. The zero-order valence-corrected chi connectivity index (χ0v) is 19.9. The van der Waals surface area contributed by atoms with Gasteiger partial charge in [-0.2, -0.15) is 0 Å². The van der Waals surface area contributed by atoms with Crippen LogP contribution in [0.1, 0.15) is 30.0 Å². The lowest BCUT2D eigenvalue weighted by Crippen LogP contribution is -2.36. The highest BCUT2D eigenvalue weighted by Crippen LogP contribution is 2.25. The van der Waals surface area contributed by atoms with Gasteiger partial charge < -0.3 is 14.8 Å². The highest BCUT2D eigenvalue weighted by atomic mass is 32.2. The first-order chi connectivity index (χ1) is 14.5. The molecule has 1 atom stereocenters. The second kappa shape index (κ2) is 10.6. The molecule has 1 amide bonds. The van der Waals surface area contributed by atoms with Crippen LogP contribution < -0.4 is 14.8 Å². The zero-order chi connectivity index (χ0) is 23.2. The number of carbonyl (C=O) groups excluding carboxylic acids is 1. The molecule has 170 valence electrons. The molecule has 0 unspecified atom stereocenters. The van der Waals surface area contributed by atoms with E-state index >= 15 is 0 Å². The maximum atomic E-state index is 12.4. The molecule has 8 heteroatoms. The van der Waals surface area contributed by atoms with E-state index in [1.54, 1.807) is 12.1 Å². The summed E-state index contributed by atoms with van der Waals surface area (Å²) in [6.07, 6.45) is 0.562. The Bertz CT molecular complexity index is 1020. The van der Waals surface area contributed by atoms with Crippen molar-refractivity contribution in [1.29, 1.82) is 0 Å². The molecule has 1 N–H and O–H groups in total. The fourth-order valence-electron chi connectivity index (χ4n) is 2.98. The summed E-state index contributed by atoms with van der Waals surface area (Å²) in [4.78, 5) is 12.6. The number of nitrogens with one attached hydrogen (secondary N) is 1. The van der Waals surface area contributed by atoms with E-state index < -0.39 is 10.0 Å². The first-order valence-electron chi connectivity index (χ1n) is 10.1. The number of methoxy groups -OCH3 is 1. The Hall–Kier alpha value is -2.58. The molecule has 0 saturated carbocycles. The van der Waals surface area contributed by atoms with Crippen LogP contribution in [0.4, 0.5) is 0 Å².